The molecule has 0 radical (unpaired) electrons. The van der Waals surface area contributed by atoms with Crippen molar-refractivity contribution in [3.63, 3.8) is 0 Å². The minimum atomic E-state index is -0.429. The van der Waals surface area contributed by atoms with Crippen LogP contribution in [0.3, 0.4) is 0 Å². The number of primary amides is 1. The van der Waals surface area contributed by atoms with Crippen LogP contribution < -0.4 is 10.5 Å². The molecule has 1 fully saturated rings. The van der Waals surface area contributed by atoms with Gasteiger partial charge in [-0.1, -0.05) is 6.07 Å². The first-order valence-electron chi connectivity index (χ1n) is 8.55. The van der Waals surface area contributed by atoms with Gasteiger partial charge >= 0.3 is 0 Å². The Kier molecular flexibility index (Phi) is 4.71. The second-order valence-corrected chi connectivity index (χ2v) is 6.83. The Morgan fingerprint density at radius 3 is 2.96 bits per heavy atom. The van der Waals surface area contributed by atoms with E-state index < -0.39 is 5.41 Å². The largest absolute Gasteiger partial charge is 0.494 e. The highest BCUT2D eigenvalue weighted by atomic mass is 16.5. The average Bonchev–Trinajstić information content (AvgIpc) is 2.55. The molecule has 2 aromatic rings. The van der Waals surface area contributed by atoms with Gasteiger partial charge in [0, 0.05) is 18.5 Å². The maximum atomic E-state index is 11.7. The van der Waals surface area contributed by atoms with Crippen molar-refractivity contribution in [2.24, 2.45) is 11.1 Å². The van der Waals surface area contributed by atoms with Gasteiger partial charge in [0.05, 0.1) is 23.2 Å². The molecule has 1 aliphatic rings. The van der Waals surface area contributed by atoms with E-state index >= 15 is 0 Å². The Hall–Kier alpha value is -2.14. The van der Waals surface area contributed by atoms with Crippen LogP contribution in [-0.2, 0) is 11.3 Å². The van der Waals surface area contributed by atoms with Crippen LogP contribution in [0.4, 0.5) is 0 Å². The number of fused-ring (bicyclic) bond motifs is 1. The number of ether oxygens (including phenoxy) is 1. The predicted octanol–water partition coefficient (Wildman–Crippen LogP) is 2.72. The maximum Gasteiger partial charge on any atom is 0.224 e. The first kappa shape index (κ1) is 16.7. The quantitative estimate of drug-likeness (QED) is 0.917. The Morgan fingerprint density at radius 2 is 2.21 bits per heavy atom. The molecule has 1 amide bonds. The van der Waals surface area contributed by atoms with Gasteiger partial charge in [-0.15, -0.1) is 0 Å². The van der Waals surface area contributed by atoms with Gasteiger partial charge in [-0.3, -0.25) is 14.7 Å². The molecule has 0 bridgehead atoms. The van der Waals surface area contributed by atoms with Crippen LogP contribution in [0.15, 0.2) is 30.3 Å². The zero-order chi connectivity index (χ0) is 17.2. The zero-order valence-electron chi connectivity index (χ0n) is 14.4. The van der Waals surface area contributed by atoms with E-state index in [0.29, 0.717) is 13.2 Å². The molecule has 24 heavy (non-hydrogen) atoms. The normalized spacial score (nSPS) is 21.8. The van der Waals surface area contributed by atoms with Gasteiger partial charge in [0.25, 0.3) is 0 Å². The zero-order valence-corrected chi connectivity index (χ0v) is 14.4. The molecule has 0 saturated carbocycles. The number of piperidine rings is 1. The number of pyridine rings is 1. The highest BCUT2D eigenvalue weighted by molar-refractivity contribution is 5.81. The molecule has 128 valence electrons. The van der Waals surface area contributed by atoms with Gasteiger partial charge < -0.3 is 10.5 Å². The number of benzene rings is 1. The van der Waals surface area contributed by atoms with Gasteiger partial charge in [0.1, 0.15) is 5.75 Å². The molecule has 5 heteroatoms. The summed E-state index contributed by atoms with van der Waals surface area (Å²) < 4.78 is 5.53. The first-order valence-corrected chi connectivity index (χ1v) is 8.55. The van der Waals surface area contributed by atoms with E-state index in [2.05, 4.69) is 11.0 Å². The van der Waals surface area contributed by atoms with Crippen molar-refractivity contribution in [2.45, 2.75) is 33.2 Å². The van der Waals surface area contributed by atoms with Crippen LogP contribution in [0.25, 0.3) is 10.9 Å². The molecule has 5 nitrogen and oxygen atoms in total. The van der Waals surface area contributed by atoms with Gasteiger partial charge in [-0.25, -0.2) is 0 Å². The van der Waals surface area contributed by atoms with Crippen molar-refractivity contribution in [3.05, 3.63) is 36.0 Å². The van der Waals surface area contributed by atoms with E-state index in [1.165, 1.54) is 0 Å². The summed E-state index contributed by atoms with van der Waals surface area (Å²) in [5.74, 6) is 0.662. The van der Waals surface area contributed by atoms with Crippen LogP contribution in [0, 0.1) is 5.41 Å². The third-order valence-electron chi connectivity index (χ3n) is 4.79. The lowest BCUT2D eigenvalue weighted by atomic mass is 9.81. The molecule has 1 saturated heterocycles. The number of hydrogen-bond donors (Lipinski definition) is 1. The van der Waals surface area contributed by atoms with Crippen molar-refractivity contribution >= 4 is 16.8 Å². The predicted molar refractivity (Wildman–Crippen MR) is 94.7 cm³/mol. The summed E-state index contributed by atoms with van der Waals surface area (Å²) in [6, 6.07) is 10.1. The molecule has 1 aromatic heterocycles. The smallest absolute Gasteiger partial charge is 0.224 e. The fraction of sp³-hybridized carbons (Fsp3) is 0.474. The summed E-state index contributed by atoms with van der Waals surface area (Å²) in [6.07, 6.45) is 1.86. The minimum Gasteiger partial charge on any atom is -0.494 e. The van der Waals surface area contributed by atoms with Crippen LogP contribution in [0.1, 0.15) is 32.4 Å². The molecule has 0 spiro atoms. The van der Waals surface area contributed by atoms with E-state index in [9.17, 15) is 4.79 Å². The second-order valence-electron chi connectivity index (χ2n) is 6.83. The van der Waals surface area contributed by atoms with Crippen LogP contribution in [0.5, 0.6) is 5.75 Å². The van der Waals surface area contributed by atoms with Crippen molar-refractivity contribution in [1.29, 1.82) is 0 Å². The lowest BCUT2D eigenvalue weighted by Gasteiger charge is -2.38. The molecule has 1 aromatic carbocycles. The lowest BCUT2D eigenvalue weighted by Crippen LogP contribution is -2.48. The third kappa shape index (κ3) is 3.51. The highest BCUT2D eigenvalue weighted by Gasteiger charge is 2.36. The molecular weight excluding hydrogens is 302 g/mol. The number of amides is 1. The number of likely N-dealkylation sites (tertiary alicyclic amines) is 1. The van der Waals surface area contributed by atoms with Gasteiger partial charge in [-0.05, 0) is 57.5 Å². The molecule has 2 heterocycles. The standard InChI is InChI=1S/C19H25N3O2/c1-3-24-16-7-8-17-14(11-16)5-6-15(21-17)12-22-10-4-9-19(2,13-22)18(20)23/h5-8,11H,3-4,9-10,12-13H2,1-2H3,(H2,20,23)/t19-/m1/s1. The number of rotatable bonds is 5. The summed E-state index contributed by atoms with van der Waals surface area (Å²) in [7, 11) is 0. The van der Waals surface area contributed by atoms with Crippen molar-refractivity contribution in [1.82, 2.24) is 9.88 Å². The Balaban J connectivity index is 1.75. The highest BCUT2D eigenvalue weighted by Crippen LogP contribution is 2.30. The van der Waals surface area contributed by atoms with Crippen LogP contribution >= 0.6 is 0 Å². The molecule has 1 atom stereocenters. The van der Waals surface area contributed by atoms with E-state index in [4.69, 9.17) is 15.5 Å². The number of nitrogens with zero attached hydrogens (tertiary/aromatic N) is 2. The Labute approximate surface area is 142 Å². The minimum absolute atomic E-state index is 0.206. The molecule has 3 rings (SSSR count). The third-order valence-corrected chi connectivity index (χ3v) is 4.79. The summed E-state index contributed by atoms with van der Waals surface area (Å²) >= 11 is 0. The molecular formula is C19H25N3O2. The number of carbonyl (C=O) groups is 1. The fourth-order valence-electron chi connectivity index (χ4n) is 3.40. The number of nitrogens with two attached hydrogens (primary N) is 1. The number of hydrogen-bond acceptors (Lipinski definition) is 4. The van der Waals surface area contributed by atoms with Crippen molar-refractivity contribution < 1.29 is 9.53 Å². The van der Waals surface area contributed by atoms with Crippen LogP contribution in [0.2, 0.25) is 0 Å². The summed E-state index contributed by atoms with van der Waals surface area (Å²) in [6.45, 7) is 7.02. The van der Waals surface area contributed by atoms with Crippen molar-refractivity contribution in [2.75, 3.05) is 19.7 Å². The molecule has 1 aliphatic heterocycles. The van der Waals surface area contributed by atoms with Gasteiger partial charge in [-0.2, -0.15) is 0 Å². The first-order chi connectivity index (χ1) is 11.5. The van der Waals surface area contributed by atoms with Gasteiger partial charge in [0.15, 0.2) is 0 Å². The lowest BCUT2D eigenvalue weighted by molar-refractivity contribution is -0.129. The number of carbonyl (C=O) groups excluding carboxylic acids is 1. The van der Waals surface area contributed by atoms with Crippen LogP contribution in [-0.4, -0.2) is 35.5 Å². The monoisotopic (exact) mass is 327 g/mol. The maximum absolute atomic E-state index is 11.7. The van der Waals surface area contributed by atoms with E-state index in [1.54, 1.807) is 0 Å². The second kappa shape index (κ2) is 6.77. The average molecular weight is 327 g/mol. The van der Waals surface area contributed by atoms with Crippen molar-refractivity contribution in [3.8, 4) is 5.75 Å². The molecule has 0 unspecified atom stereocenters. The molecule has 2 N–H and O–H groups in total. The summed E-state index contributed by atoms with van der Waals surface area (Å²) in [5, 5.41) is 1.07. The number of aromatic nitrogens is 1. The van der Waals surface area contributed by atoms with E-state index in [0.717, 1.165) is 48.3 Å². The van der Waals surface area contributed by atoms with Gasteiger partial charge in [0.2, 0.25) is 5.91 Å². The Morgan fingerprint density at radius 1 is 1.38 bits per heavy atom. The fourth-order valence-corrected chi connectivity index (χ4v) is 3.40. The SMILES string of the molecule is CCOc1ccc2nc(CN3CCC[C@@](C)(C(N)=O)C3)ccc2c1. The molecule has 0 aliphatic carbocycles. The topological polar surface area (TPSA) is 68.4 Å². The summed E-state index contributed by atoms with van der Waals surface area (Å²) in [5.41, 5.74) is 7.13. The van der Waals surface area contributed by atoms with E-state index in [1.807, 2.05) is 38.1 Å². The summed E-state index contributed by atoms with van der Waals surface area (Å²) in [4.78, 5) is 18.7. The van der Waals surface area contributed by atoms with E-state index in [-0.39, 0.29) is 5.91 Å². The Bertz CT molecular complexity index is 746.